The van der Waals surface area contributed by atoms with Crippen molar-refractivity contribution in [3.05, 3.63) is 3.95 Å². The van der Waals surface area contributed by atoms with Crippen LogP contribution in [0.3, 0.4) is 0 Å². The number of urea groups is 1. The summed E-state index contributed by atoms with van der Waals surface area (Å²) in [7, 11) is 0. The lowest BCUT2D eigenvalue weighted by atomic mass is 10.2. The SMILES string of the molecule is C[C@@H](OOC(C)(C)C)[C@H](NC(=O)Nc1n[nH]c(=S)s1)C(=O)O. The van der Waals surface area contributed by atoms with E-state index in [1.54, 1.807) is 20.8 Å². The highest BCUT2D eigenvalue weighted by Gasteiger charge is 2.29. The molecule has 2 amide bonds. The standard InChI is InChI=1S/C11H18N4O5S2/c1-5(19-20-11(2,3)4)6(7(16)17)12-8(18)13-9-14-15-10(21)22-9/h5-6H,1-4H3,(H,15,21)(H,16,17)(H2,12,13,14,18)/t5-,6+/m1/s1. The van der Waals surface area contributed by atoms with E-state index in [-0.39, 0.29) is 5.13 Å². The molecule has 1 rings (SSSR count). The first-order valence-electron chi connectivity index (χ1n) is 6.29. The average Bonchev–Trinajstić information content (AvgIpc) is 2.77. The molecule has 0 saturated carbocycles. The Labute approximate surface area is 135 Å². The molecule has 124 valence electrons. The summed E-state index contributed by atoms with van der Waals surface area (Å²) >= 11 is 5.87. The number of carboxylic acids is 1. The van der Waals surface area contributed by atoms with E-state index in [0.717, 1.165) is 11.3 Å². The van der Waals surface area contributed by atoms with Crippen molar-refractivity contribution in [1.29, 1.82) is 0 Å². The third-order valence-electron chi connectivity index (χ3n) is 2.13. The minimum atomic E-state index is -1.30. The van der Waals surface area contributed by atoms with Gasteiger partial charge in [-0.15, -0.1) is 5.10 Å². The number of aromatic amines is 1. The quantitative estimate of drug-likeness (QED) is 0.351. The topological polar surface area (TPSA) is 126 Å². The van der Waals surface area contributed by atoms with Crippen molar-refractivity contribution >= 4 is 40.7 Å². The third kappa shape index (κ3) is 6.47. The number of carbonyl (C=O) groups excluding carboxylic acids is 1. The molecule has 22 heavy (non-hydrogen) atoms. The molecule has 11 heteroatoms. The molecule has 0 saturated heterocycles. The van der Waals surface area contributed by atoms with Gasteiger partial charge in [0.15, 0.2) is 10.00 Å². The summed E-state index contributed by atoms with van der Waals surface area (Å²) in [5, 5.41) is 20.3. The normalized spacial score (nSPS) is 14.2. The van der Waals surface area contributed by atoms with Crippen molar-refractivity contribution in [3.63, 3.8) is 0 Å². The van der Waals surface area contributed by atoms with E-state index in [4.69, 9.17) is 22.0 Å². The molecule has 0 bridgehead atoms. The number of hydrogen-bond donors (Lipinski definition) is 4. The van der Waals surface area contributed by atoms with Gasteiger partial charge in [-0.25, -0.2) is 19.4 Å². The molecule has 4 N–H and O–H groups in total. The maximum absolute atomic E-state index is 11.8. The van der Waals surface area contributed by atoms with E-state index in [2.05, 4.69) is 20.8 Å². The van der Waals surface area contributed by atoms with Crippen LogP contribution in [0.15, 0.2) is 0 Å². The maximum Gasteiger partial charge on any atom is 0.329 e. The van der Waals surface area contributed by atoms with Crippen molar-refractivity contribution in [2.24, 2.45) is 0 Å². The first-order valence-corrected chi connectivity index (χ1v) is 7.51. The highest BCUT2D eigenvalue weighted by molar-refractivity contribution is 7.73. The van der Waals surface area contributed by atoms with E-state index in [1.165, 1.54) is 6.92 Å². The van der Waals surface area contributed by atoms with E-state index in [1.807, 2.05) is 0 Å². The molecule has 1 aromatic rings. The molecule has 2 atom stereocenters. The van der Waals surface area contributed by atoms with Crippen molar-refractivity contribution in [2.45, 2.75) is 45.4 Å². The zero-order valence-electron chi connectivity index (χ0n) is 12.5. The fourth-order valence-electron chi connectivity index (χ4n) is 1.21. The molecule has 0 aliphatic rings. The molecule has 0 fully saturated rings. The van der Waals surface area contributed by atoms with Crippen LogP contribution >= 0.6 is 23.6 Å². The highest BCUT2D eigenvalue weighted by atomic mass is 32.1. The fraction of sp³-hybridized carbons (Fsp3) is 0.636. The molecule has 0 aliphatic carbocycles. The first-order chi connectivity index (χ1) is 10.1. The summed E-state index contributed by atoms with van der Waals surface area (Å²) in [5.41, 5.74) is -0.601. The van der Waals surface area contributed by atoms with Gasteiger partial charge in [0.25, 0.3) is 0 Å². The molecule has 1 heterocycles. The van der Waals surface area contributed by atoms with Gasteiger partial charge in [0.1, 0.15) is 6.10 Å². The van der Waals surface area contributed by atoms with Crippen molar-refractivity contribution in [3.8, 4) is 0 Å². The van der Waals surface area contributed by atoms with Crippen LogP contribution in [0.5, 0.6) is 0 Å². The highest BCUT2D eigenvalue weighted by Crippen LogP contribution is 2.12. The van der Waals surface area contributed by atoms with Crippen LogP contribution < -0.4 is 10.6 Å². The number of nitrogens with one attached hydrogen (secondary N) is 3. The first kappa shape index (κ1) is 18.5. The number of carboxylic acid groups (broad SMARTS) is 1. The van der Waals surface area contributed by atoms with Crippen molar-refractivity contribution < 1.29 is 24.5 Å². The Bertz CT molecular complexity index is 580. The fourth-order valence-corrected chi connectivity index (χ4v) is 2.00. The van der Waals surface area contributed by atoms with Crippen LogP contribution in [0.1, 0.15) is 27.7 Å². The number of nitrogens with zero attached hydrogens (tertiary/aromatic N) is 1. The number of anilines is 1. The molecule has 0 aliphatic heterocycles. The van der Waals surface area contributed by atoms with Crippen LogP contribution in [0.25, 0.3) is 0 Å². The summed E-state index contributed by atoms with van der Waals surface area (Å²) in [5.74, 6) is -1.25. The predicted octanol–water partition coefficient (Wildman–Crippen LogP) is 1.91. The molecular weight excluding hydrogens is 332 g/mol. The van der Waals surface area contributed by atoms with Gasteiger partial charge >= 0.3 is 12.0 Å². The zero-order chi connectivity index (χ0) is 16.9. The Kier molecular flexibility index (Phi) is 6.41. The Morgan fingerprint density at radius 3 is 2.55 bits per heavy atom. The van der Waals surface area contributed by atoms with Gasteiger partial charge < -0.3 is 10.4 Å². The Morgan fingerprint density at radius 1 is 1.45 bits per heavy atom. The van der Waals surface area contributed by atoms with Crippen LogP contribution in [0.4, 0.5) is 9.93 Å². The van der Waals surface area contributed by atoms with Gasteiger partial charge in [-0.05, 0) is 39.9 Å². The molecule has 9 nitrogen and oxygen atoms in total. The van der Waals surface area contributed by atoms with Gasteiger partial charge in [0.2, 0.25) is 5.13 Å². The molecule has 0 spiro atoms. The number of amides is 2. The van der Waals surface area contributed by atoms with E-state index >= 15 is 0 Å². The summed E-state index contributed by atoms with van der Waals surface area (Å²) in [6.45, 7) is 6.73. The molecule has 1 aromatic heterocycles. The van der Waals surface area contributed by atoms with E-state index in [9.17, 15) is 14.7 Å². The number of carbonyl (C=O) groups is 2. The summed E-state index contributed by atoms with van der Waals surface area (Å²) < 4.78 is 0.389. The number of aromatic nitrogens is 2. The van der Waals surface area contributed by atoms with Gasteiger partial charge in [0.05, 0.1) is 5.60 Å². The van der Waals surface area contributed by atoms with Gasteiger partial charge in [0, 0.05) is 0 Å². The van der Waals surface area contributed by atoms with Crippen molar-refractivity contribution in [1.82, 2.24) is 15.5 Å². The lowest BCUT2D eigenvalue weighted by molar-refractivity contribution is -0.372. The second kappa shape index (κ2) is 7.63. The summed E-state index contributed by atoms with van der Waals surface area (Å²) in [6.07, 6.45) is -0.903. The lowest BCUT2D eigenvalue weighted by Gasteiger charge is -2.25. The average molecular weight is 350 g/mol. The van der Waals surface area contributed by atoms with Gasteiger partial charge in [-0.3, -0.25) is 10.4 Å². The van der Waals surface area contributed by atoms with Gasteiger partial charge in [-0.1, -0.05) is 11.3 Å². The van der Waals surface area contributed by atoms with Crippen LogP contribution in [0.2, 0.25) is 0 Å². The molecular formula is C11H18N4O5S2. The van der Waals surface area contributed by atoms with Crippen LogP contribution in [-0.4, -0.2) is 45.1 Å². The lowest BCUT2D eigenvalue weighted by Crippen LogP contribution is -2.50. The number of rotatable bonds is 6. The van der Waals surface area contributed by atoms with Crippen molar-refractivity contribution in [2.75, 3.05) is 5.32 Å². The minimum Gasteiger partial charge on any atom is -0.480 e. The van der Waals surface area contributed by atoms with E-state index in [0.29, 0.717) is 3.95 Å². The number of H-pyrrole nitrogens is 1. The Balaban J connectivity index is 2.61. The number of aliphatic carboxylic acids is 1. The van der Waals surface area contributed by atoms with Crippen LogP contribution in [0, 0.1) is 3.95 Å². The van der Waals surface area contributed by atoms with Gasteiger partial charge in [-0.2, -0.15) is 0 Å². The molecule has 0 unspecified atom stereocenters. The second-order valence-electron chi connectivity index (χ2n) is 5.33. The monoisotopic (exact) mass is 350 g/mol. The third-order valence-corrected chi connectivity index (χ3v) is 3.14. The maximum atomic E-state index is 11.8. The zero-order valence-corrected chi connectivity index (χ0v) is 14.1. The molecule has 0 radical (unpaired) electrons. The predicted molar refractivity (Wildman–Crippen MR) is 82.3 cm³/mol. The van der Waals surface area contributed by atoms with Crippen LogP contribution in [-0.2, 0) is 14.6 Å². The summed E-state index contributed by atoms with van der Waals surface area (Å²) in [6, 6.07) is -2.04. The smallest absolute Gasteiger partial charge is 0.329 e. The van der Waals surface area contributed by atoms with E-state index < -0.39 is 29.7 Å². The number of hydrogen-bond acceptors (Lipinski definition) is 7. The molecule has 0 aromatic carbocycles. The summed E-state index contributed by atoms with van der Waals surface area (Å²) in [4.78, 5) is 33.1. The second-order valence-corrected chi connectivity index (χ2v) is 7.00. The Hall–Kier alpha value is -1.56. The largest absolute Gasteiger partial charge is 0.480 e. The minimum absolute atomic E-state index is 0.228. The Morgan fingerprint density at radius 2 is 2.09 bits per heavy atom.